The molecular formula is C12H12Br2N2OS. The largest absolute Gasteiger partial charge is 0.307 e. The highest BCUT2D eigenvalue weighted by Crippen LogP contribution is 2.20. The molecule has 2 rings (SSSR count). The Morgan fingerprint density at radius 1 is 1.44 bits per heavy atom. The molecule has 0 aliphatic rings. The minimum Gasteiger partial charge on any atom is -0.307 e. The van der Waals surface area contributed by atoms with E-state index in [-0.39, 0.29) is 5.56 Å². The molecule has 0 aliphatic carbocycles. The number of aromatic nitrogens is 2. The Kier molecular flexibility index (Phi) is 4.40. The average Bonchev–Trinajstić information content (AvgIpc) is 2.74. The molecule has 6 heteroatoms. The minimum absolute atomic E-state index is 0.0442. The van der Waals surface area contributed by atoms with Gasteiger partial charge in [0.05, 0.1) is 21.7 Å². The quantitative estimate of drug-likeness (QED) is 0.792. The van der Waals surface area contributed by atoms with E-state index in [1.807, 2.05) is 5.38 Å². The highest BCUT2D eigenvalue weighted by Gasteiger charge is 2.08. The summed E-state index contributed by atoms with van der Waals surface area (Å²) in [5.41, 5.74) is 0.882. The fraction of sp³-hybridized carbons (Fsp3) is 0.333. The van der Waals surface area contributed by atoms with Crippen molar-refractivity contribution in [1.29, 1.82) is 0 Å². The molecule has 0 bridgehead atoms. The maximum atomic E-state index is 11.9. The van der Waals surface area contributed by atoms with Gasteiger partial charge in [-0.2, -0.15) is 0 Å². The first-order chi connectivity index (χ1) is 8.47. The van der Waals surface area contributed by atoms with Crippen molar-refractivity contribution in [2.75, 3.05) is 0 Å². The maximum absolute atomic E-state index is 11.9. The van der Waals surface area contributed by atoms with Crippen LogP contribution in [-0.4, -0.2) is 9.55 Å². The van der Waals surface area contributed by atoms with Gasteiger partial charge < -0.3 is 4.57 Å². The van der Waals surface area contributed by atoms with Gasteiger partial charge in [-0.15, -0.1) is 11.3 Å². The first kappa shape index (κ1) is 14.0. The molecule has 0 amide bonds. The van der Waals surface area contributed by atoms with E-state index in [4.69, 9.17) is 0 Å². The van der Waals surface area contributed by atoms with Crippen LogP contribution in [-0.2, 0) is 6.54 Å². The normalized spacial score (nSPS) is 11.2. The second kappa shape index (κ2) is 5.67. The predicted molar refractivity (Wildman–Crippen MR) is 81.4 cm³/mol. The molecule has 0 saturated heterocycles. The molecule has 0 aliphatic heterocycles. The van der Waals surface area contributed by atoms with Crippen LogP contribution in [0, 0.1) is 0 Å². The van der Waals surface area contributed by atoms with Gasteiger partial charge in [0.2, 0.25) is 0 Å². The van der Waals surface area contributed by atoms with Gasteiger partial charge in [-0.25, -0.2) is 4.98 Å². The molecule has 0 N–H and O–H groups in total. The molecule has 96 valence electrons. The van der Waals surface area contributed by atoms with Crippen LogP contribution >= 0.6 is 43.2 Å². The van der Waals surface area contributed by atoms with Crippen LogP contribution in [0.5, 0.6) is 0 Å². The van der Waals surface area contributed by atoms with Gasteiger partial charge in [0.15, 0.2) is 0 Å². The summed E-state index contributed by atoms with van der Waals surface area (Å²) < 4.78 is 3.07. The van der Waals surface area contributed by atoms with Gasteiger partial charge in [0.1, 0.15) is 0 Å². The van der Waals surface area contributed by atoms with Crippen molar-refractivity contribution in [3.05, 3.63) is 47.6 Å². The summed E-state index contributed by atoms with van der Waals surface area (Å²) in [5, 5.41) is 3.11. The van der Waals surface area contributed by atoms with E-state index in [9.17, 15) is 4.79 Å². The topological polar surface area (TPSA) is 34.9 Å². The fourth-order valence-corrected chi connectivity index (χ4v) is 3.60. The summed E-state index contributed by atoms with van der Waals surface area (Å²) in [4.78, 5) is 16.5. The fourth-order valence-electron chi connectivity index (χ4n) is 1.52. The van der Waals surface area contributed by atoms with Crippen LogP contribution in [0.15, 0.2) is 31.4 Å². The van der Waals surface area contributed by atoms with E-state index >= 15 is 0 Å². The van der Waals surface area contributed by atoms with Crippen molar-refractivity contribution in [3.8, 4) is 0 Å². The van der Waals surface area contributed by atoms with Crippen molar-refractivity contribution in [2.24, 2.45) is 0 Å². The zero-order valence-corrected chi connectivity index (χ0v) is 14.0. The number of hydrogen-bond donors (Lipinski definition) is 0. The van der Waals surface area contributed by atoms with Crippen LogP contribution in [0.4, 0.5) is 0 Å². The zero-order chi connectivity index (χ0) is 13.3. The molecule has 2 aromatic rings. The lowest BCUT2D eigenvalue weighted by atomic mass is 10.2. The Labute approximate surface area is 126 Å². The van der Waals surface area contributed by atoms with Gasteiger partial charge in [-0.05, 0) is 37.9 Å². The van der Waals surface area contributed by atoms with Crippen LogP contribution in [0.2, 0.25) is 0 Å². The van der Waals surface area contributed by atoms with E-state index < -0.39 is 0 Å². The van der Waals surface area contributed by atoms with E-state index in [1.54, 1.807) is 28.2 Å². The van der Waals surface area contributed by atoms with Crippen molar-refractivity contribution in [3.63, 3.8) is 0 Å². The average molecular weight is 392 g/mol. The lowest BCUT2D eigenvalue weighted by Gasteiger charge is -2.05. The first-order valence-electron chi connectivity index (χ1n) is 5.47. The maximum Gasteiger partial charge on any atom is 0.265 e. The Balaban J connectivity index is 2.31. The smallest absolute Gasteiger partial charge is 0.265 e. The van der Waals surface area contributed by atoms with E-state index in [0.717, 1.165) is 15.2 Å². The monoisotopic (exact) mass is 390 g/mol. The summed E-state index contributed by atoms with van der Waals surface area (Å²) in [5.74, 6) is 0.426. The van der Waals surface area contributed by atoms with Crippen LogP contribution in [0.1, 0.15) is 30.5 Å². The lowest BCUT2D eigenvalue weighted by Crippen LogP contribution is -2.20. The summed E-state index contributed by atoms with van der Waals surface area (Å²) in [6, 6.07) is 1.75. The molecular weight excluding hydrogens is 380 g/mol. The number of thiazole rings is 1. The molecule has 0 fully saturated rings. The minimum atomic E-state index is -0.0442. The molecule has 0 unspecified atom stereocenters. The van der Waals surface area contributed by atoms with Crippen LogP contribution in [0.3, 0.4) is 0 Å². The van der Waals surface area contributed by atoms with E-state index in [0.29, 0.717) is 16.9 Å². The highest BCUT2D eigenvalue weighted by atomic mass is 79.9. The Morgan fingerprint density at radius 2 is 2.17 bits per heavy atom. The summed E-state index contributed by atoms with van der Waals surface area (Å²) in [6.07, 6.45) is 1.78. The molecule has 0 spiro atoms. The van der Waals surface area contributed by atoms with Crippen molar-refractivity contribution >= 4 is 43.2 Å². The number of rotatable bonds is 3. The van der Waals surface area contributed by atoms with Crippen molar-refractivity contribution in [1.82, 2.24) is 9.55 Å². The third-order valence-electron chi connectivity index (χ3n) is 2.40. The van der Waals surface area contributed by atoms with E-state index in [2.05, 4.69) is 50.7 Å². The number of nitrogens with zero attached hydrogens (tertiary/aromatic N) is 2. The molecule has 2 aromatic heterocycles. The van der Waals surface area contributed by atoms with Gasteiger partial charge in [-0.3, -0.25) is 4.79 Å². The summed E-state index contributed by atoms with van der Waals surface area (Å²) >= 11 is 8.28. The standard InChI is InChI=1S/C12H12Br2N2OS/c1-7(2)11-15-9(6-18-11)5-16-4-8(13)3-10(14)12(16)17/h3-4,6-7H,5H2,1-2H3. The highest BCUT2D eigenvalue weighted by molar-refractivity contribution is 9.11. The SMILES string of the molecule is CC(C)c1nc(Cn2cc(Br)cc(Br)c2=O)cs1. The van der Waals surface area contributed by atoms with Gasteiger partial charge in [0.25, 0.3) is 5.56 Å². The van der Waals surface area contributed by atoms with Crippen molar-refractivity contribution < 1.29 is 0 Å². The molecule has 0 saturated carbocycles. The Bertz CT molecular complexity index is 619. The Hall–Kier alpha value is -0.460. The molecule has 18 heavy (non-hydrogen) atoms. The molecule has 3 nitrogen and oxygen atoms in total. The third-order valence-corrected chi connectivity index (χ3v) is 4.60. The molecule has 0 atom stereocenters. The first-order valence-corrected chi connectivity index (χ1v) is 7.93. The summed E-state index contributed by atoms with van der Waals surface area (Å²) in [7, 11) is 0. The summed E-state index contributed by atoms with van der Waals surface area (Å²) in [6.45, 7) is 4.73. The van der Waals surface area contributed by atoms with E-state index in [1.165, 1.54) is 0 Å². The van der Waals surface area contributed by atoms with Gasteiger partial charge in [-0.1, -0.05) is 13.8 Å². The van der Waals surface area contributed by atoms with Crippen molar-refractivity contribution in [2.45, 2.75) is 26.3 Å². The predicted octanol–water partition coefficient (Wildman–Crippen LogP) is 4.00. The molecule has 2 heterocycles. The second-order valence-electron chi connectivity index (χ2n) is 4.27. The number of pyridine rings is 1. The second-order valence-corrected chi connectivity index (χ2v) is 6.93. The van der Waals surface area contributed by atoms with Crippen LogP contribution < -0.4 is 5.56 Å². The van der Waals surface area contributed by atoms with Gasteiger partial charge >= 0.3 is 0 Å². The van der Waals surface area contributed by atoms with Crippen LogP contribution in [0.25, 0.3) is 0 Å². The van der Waals surface area contributed by atoms with Gasteiger partial charge in [0, 0.05) is 22.0 Å². The number of hydrogen-bond acceptors (Lipinski definition) is 3. The zero-order valence-electron chi connectivity index (χ0n) is 9.98. The number of halogens is 2. The Morgan fingerprint density at radius 3 is 2.78 bits per heavy atom. The third kappa shape index (κ3) is 3.10. The molecule has 0 aromatic carbocycles. The lowest BCUT2D eigenvalue weighted by molar-refractivity contribution is 0.728. The molecule has 0 radical (unpaired) electrons.